The van der Waals surface area contributed by atoms with Crippen molar-refractivity contribution in [1.82, 2.24) is 0 Å². The fraction of sp³-hybridized carbons (Fsp3) is 1.00. The number of aliphatic hydroxyl groups excluding tert-OH is 5. The molecule has 3 heterocycles. The van der Waals surface area contributed by atoms with Gasteiger partial charge >= 0.3 is 0 Å². The first-order chi connectivity index (χ1) is 19.4. The zero-order valence-electron chi connectivity index (χ0n) is 25.1. The average Bonchev–Trinajstić information content (AvgIpc) is 3.39. The summed E-state index contributed by atoms with van der Waals surface area (Å²) in [4.78, 5) is 0. The lowest BCUT2D eigenvalue weighted by molar-refractivity contribution is -0.328. The molecule has 0 unspecified atom stereocenters. The molecule has 3 saturated heterocycles. The Morgan fingerprint density at radius 1 is 0.780 bits per heavy atom. The van der Waals surface area contributed by atoms with Crippen molar-refractivity contribution in [3.8, 4) is 0 Å². The molecule has 4 saturated carbocycles. The molecular formula is C32H52O9. The second-order valence-electron chi connectivity index (χ2n) is 15.6. The van der Waals surface area contributed by atoms with Gasteiger partial charge in [0.2, 0.25) is 0 Å². The lowest BCUT2D eigenvalue weighted by Crippen LogP contribution is -2.66. The average molecular weight is 581 g/mol. The summed E-state index contributed by atoms with van der Waals surface area (Å²) in [7, 11) is 0. The molecule has 3 aliphatic heterocycles. The number of aliphatic hydroxyl groups is 5. The zero-order valence-corrected chi connectivity index (χ0v) is 25.1. The summed E-state index contributed by atoms with van der Waals surface area (Å²) in [6.45, 7) is 9.96. The molecule has 4 aliphatic carbocycles. The molecular weight excluding hydrogens is 528 g/mol. The van der Waals surface area contributed by atoms with Gasteiger partial charge in [-0.05, 0) is 85.9 Å². The minimum Gasteiger partial charge on any atom is -0.390 e. The van der Waals surface area contributed by atoms with Gasteiger partial charge in [-0.3, -0.25) is 0 Å². The Morgan fingerprint density at radius 3 is 2.29 bits per heavy atom. The fourth-order valence-electron chi connectivity index (χ4n) is 11.6. The summed E-state index contributed by atoms with van der Waals surface area (Å²) in [5.74, 6) is 2.40. The standard InChI is InChI=1S/C32H52O9/c1-15-7-10-32(39-13-15)16(2)24-23(41-32)12-20-18-6-5-17-11-21(33)26(36)28(31(17,4)19(18)8-9-30(20,24)3)40-29-27(37)25(35)22(34)14-38-29/h15-29,33-37H,5-14H2,1-4H3/t15-,16+,17-,18-,19+,20+,21+,22+,23+,24+,25+,26-,27-,28-,29-,30+,31+,32-/m1/s1. The molecule has 0 aromatic heterocycles. The number of fused-ring (bicyclic) bond motifs is 7. The van der Waals surface area contributed by atoms with Crippen molar-refractivity contribution in [3.05, 3.63) is 0 Å². The third-order valence-electron chi connectivity index (χ3n) is 13.8. The second kappa shape index (κ2) is 10.1. The van der Waals surface area contributed by atoms with Crippen molar-refractivity contribution < 1.29 is 44.5 Å². The zero-order chi connectivity index (χ0) is 29.1. The van der Waals surface area contributed by atoms with Crippen molar-refractivity contribution in [2.45, 2.75) is 134 Å². The van der Waals surface area contributed by atoms with Crippen LogP contribution in [0.1, 0.15) is 79.1 Å². The number of hydrogen-bond donors (Lipinski definition) is 5. The Labute approximate surface area is 243 Å². The van der Waals surface area contributed by atoms with E-state index in [1.165, 1.54) is 0 Å². The van der Waals surface area contributed by atoms with E-state index in [0.717, 1.165) is 51.6 Å². The molecule has 0 amide bonds. The highest BCUT2D eigenvalue weighted by atomic mass is 16.7. The van der Waals surface area contributed by atoms with E-state index in [0.29, 0.717) is 36.0 Å². The quantitative estimate of drug-likeness (QED) is 0.333. The van der Waals surface area contributed by atoms with Gasteiger partial charge in [-0.25, -0.2) is 0 Å². The summed E-state index contributed by atoms with van der Waals surface area (Å²) >= 11 is 0. The van der Waals surface area contributed by atoms with Crippen LogP contribution < -0.4 is 0 Å². The van der Waals surface area contributed by atoms with Gasteiger partial charge < -0.3 is 44.5 Å². The van der Waals surface area contributed by atoms with Gasteiger partial charge in [0.1, 0.15) is 24.4 Å². The van der Waals surface area contributed by atoms with Gasteiger partial charge in [-0.2, -0.15) is 0 Å². The normalized spacial score (nSPS) is 62.1. The van der Waals surface area contributed by atoms with Gasteiger partial charge in [-0.1, -0.05) is 27.7 Å². The lowest BCUT2D eigenvalue weighted by atomic mass is 9.43. The van der Waals surface area contributed by atoms with Gasteiger partial charge in [0.25, 0.3) is 0 Å². The van der Waals surface area contributed by atoms with Crippen molar-refractivity contribution >= 4 is 0 Å². The van der Waals surface area contributed by atoms with Crippen LogP contribution in [0.25, 0.3) is 0 Å². The minimum absolute atomic E-state index is 0.161. The highest BCUT2D eigenvalue weighted by Crippen LogP contribution is 2.71. The van der Waals surface area contributed by atoms with Gasteiger partial charge in [0.15, 0.2) is 12.1 Å². The highest BCUT2D eigenvalue weighted by molar-refractivity contribution is 5.17. The molecule has 18 atom stereocenters. The van der Waals surface area contributed by atoms with Crippen molar-refractivity contribution in [2.24, 2.45) is 52.3 Å². The van der Waals surface area contributed by atoms with Crippen LogP contribution in [0.3, 0.4) is 0 Å². The fourth-order valence-corrected chi connectivity index (χ4v) is 11.6. The maximum atomic E-state index is 11.4. The van der Waals surface area contributed by atoms with E-state index in [1.807, 2.05) is 0 Å². The molecule has 7 fully saturated rings. The Balaban J connectivity index is 1.15. The molecule has 41 heavy (non-hydrogen) atoms. The predicted octanol–water partition coefficient (Wildman–Crippen LogP) is 2.20. The van der Waals surface area contributed by atoms with Crippen LogP contribution in [-0.2, 0) is 18.9 Å². The summed E-state index contributed by atoms with van der Waals surface area (Å²) in [5, 5.41) is 53.2. The van der Waals surface area contributed by atoms with Crippen LogP contribution in [-0.4, -0.2) is 93.6 Å². The molecule has 0 aromatic carbocycles. The molecule has 0 radical (unpaired) electrons. The summed E-state index contributed by atoms with van der Waals surface area (Å²) in [6, 6.07) is 0. The van der Waals surface area contributed by atoms with Crippen LogP contribution in [0, 0.1) is 52.3 Å². The molecule has 1 spiro atoms. The van der Waals surface area contributed by atoms with Crippen LogP contribution in [0.2, 0.25) is 0 Å². The maximum absolute atomic E-state index is 11.4. The second-order valence-corrected chi connectivity index (χ2v) is 15.6. The summed E-state index contributed by atoms with van der Waals surface area (Å²) in [6.07, 6.45) is 0.0615. The Morgan fingerprint density at radius 2 is 1.56 bits per heavy atom. The molecule has 7 aliphatic rings. The monoisotopic (exact) mass is 580 g/mol. The number of ether oxygens (including phenoxy) is 4. The van der Waals surface area contributed by atoms with Crippen molar-refractivity contribution in [3.63, 3.8) is 0 Å². The molecule has 5 N–H and O–H groups in total. The molecule has 9 nitrogen and oxygen atoms in total. The third kappa shape index (κ3) is 4.13. The van der Waals surface area contributed by atoms with E-state index >= 15 is 0 Å². The molecule has 0 bridgehead atoms. The van der Waals surface area contributed by atoms with Gasteiger partial charge in [0.05, 0.1) is 31.5 Å². The van der Waals surface area contributed by atoms with Crippen LogP contribution in [0.15, 0.2) is 0 Å². The molecule has 234 valence electrons. The molecule has 0 aromatic rings. The van der Waals surface area contributed by atoms with Crippen molar-refractivity contribution in [1.29, 1.82) is 0 Å². The number of hydrogen-bond acceptors (Lipinski definition) is 9. The van der Waals surface area contributed by atoms with Crippen LogP contribution in [0.4, 0.5) is 0 Å². The van der Waals surface area contributed by atoms with Crippen molar-refractivity contribution in [2.75, 3.05) is 13.2 Å². The predicted molar refractivity (Wildman–Crippen MR) is 147 cm³/mol. The first kappa shape index (κ1) is 29.4. The van der Waals surface area contributed by atoms with E-state index < -0.39 is 54.1 Å². The number of rotatable bonds is 2. The first-order valence-corrected chi connectivity index (χ1v) is 16.4. The molecule has 7 rings (SSSR count). The molecule has 9 heteroatoms. The Bertz CT molecular complexity index is 986. The van der Waals surface area contributed by atoms with E-state index in [-0.39, 0.29) is 30.0 Å². The Kier molecular flexibility index (Phi) is 7.21. The summed E-state index contributed by atoms with van der Waals surface area (Å²) in [5.41, 5.74) is -0.266. The van der Waals surface area contributed by atoms with E-state index in [2.05, 4.69) is 27.7 Å². The van der Waals surface area contributed by atoms with Gasteiger partial charge in [0, 0.05) is 17.8 Å². The van der Waals surface area contributed by atoms with Crippen LogP contribution in [0.5, 0.6) is 0 Å². The summed E-state index contributed by atoms with van der Waals surface area (Å²) < 4.78 is 25.4. The lowest BCUT2D eigenvalue weighted by Gasteiger charge is -2.64. The SMILES string of the molecule is C[C@@H]1CC[C@@]2(OC1)O[C@H]1C[C@H]3[C@@H]4CC[C@@H]5C[C@H](O)[C@@H](O)[C@@H](O[C@H]6OC[C@H](O)[C@H](O)[C@H]6O)[C@]5(C)[C@H]4CC[C@]3(C)[C@H]1[C@@H]2C. The smallest absolute Gasteiger partial charge is 0.186 e. The van der Waals surface area contributed by atoms with Gasteiger partial charge in [-0.15, -0.1) is 0 Å². The van der Waals surface area contributed by atoms with Crippen LogP contribution >= 0.6 is 0 Å². The minimum atomic E-state index is -1.44. The topological polar surface area (TPSA) is 138 Å². The largest absolute Gasteiger partial charge is 0.390 e. The third-order valence-corrected chi connectivity index (χ3v) is 13.8. The van der Waals surface area contributed by atoms with E-state index in [4.69, 9.17) is 18.9 Å². The maximum Gasteiger partial charge on any atom is 0.186 e. The van der Waals surface area contributed by atoms with E-state index in [1.54, 1.807) is 0 Å². The van der Waals surface area contributed by atoms with E-state index in [9.17, 15) is 25.5 Å². The Hall–Kier alpha value is -0.360. The first-order valence-electron chi connectivity index (χ1n) is 16.4. The highest BCUT2D eigenvalue weighted by Gasteiger charge is 2.70.